The Morgan fingerprint density at radius 3 is 0.670 bits per heavy atom. The van der Waals surface area contributed by atoms with E-state index in [0.717, 1.165) is 96.3 Å². The van der Waals surface area contributed by atoms with Gasteiger partial charge in [0, 0.05) is 25.7 Å². The van der Waals surface area contributed by atoms with Gasteiger partial charge in [0.15, 0.2) is 12.2 Å². The molecular formula is C69H134O17P2. The molecule has 0 amide bonds. The molecule has 3 N–H and O–H groups in total. The predicted octanol–water partition coefficient (Wildman–Crippen LogP) is 19.9. The van der Waals surface area contributed by atoms with Crippen molar-refractivity contribution in [2.24, 2.45) is 0 Å². The van der Waals surface area contributed by atoms with Crippen LogP contribution in [0.25, 0.3) is 0 Å². The van der Waals surface area contributed by atoms with E-state index in [9.17, 15) is 43.2 Å². The van der Waals surface area contributed by atoms with Gasteiger partial charge in [-0.15, -0.1) is 0 Å². The molecular weight excluding hydrogens is 1160 g/mol. The Balaban J connectivity index is 5.16. The van der Waals surface area contributed by atoms with E-state index in [1.807, 2.05) is 0 Å². The summed E-state index contributed by atoms with van der Waals surface area (Å²) in [5.41, 5.74) is 0. The first kappa shape index (κ1) is 86.1. The van der Waals surface area contributed by atoms with E-state index in [0.29, 0.717) is 25.7 Å². The minimum Gasteiger partial charge on any atom is -0.462 e. The Bertz CT molecular complexity index is 1690. The molecule has 0 saturated carbocycles. The Hall–Kier alpha value is -1.94. The first-order chi connectivity index (χ1) is 42.7. The lowest BCUT2D eigenvalue weighted by atomic mass is 10.0. The normalized spacial score (nSPS) is 14.0. The molecule has 19 heteroatoms. The summed E-state index contributed by atoms with van der Waals surface area (Å²) in [5.74, 6) is -2.13. The van der Waals surface area contributed by atoms with Crippen molar-refractivity contribution in [1.29, 1.82) is 0 Å². The van der Waals surface area contributed by atoms with E-state index in [-0.39, 0.29) is 25.7 Å². The number of carbonyl (C=O) groups excluding carboxylic acids is 4. The van der Waals surface area contributed by atoms with Crippen LogP contribution >= 0.6 is 15.6 Å². The molecule has 0 rings (SSSR count). The van der Waals surface area contributed by atoms with Gasteiger partial charge in [-0.2, -0.15) is 0 Å². The van der Waals surface area contributed by atoms with Crippen LogP contribution in [0.3, 0.4) is 0 Å². The third-order valence-electron chi connectivity index (χ3n) is 16.1. The molecule has 522 valence electrons. The van der Waals surface area contributed by atoms with E-state index in [2.05, 4.69) is 27.7 Å². The number of hydrogen-bond donors (Lipinski definition) is 3. The lowest BCUT2D eigenvalue weighted by Crippen LogP contribution is -2.30. The first-order valence-electron chi connectivity index (χ1n) is 36.3. The van der Waals surface area contributed by atoms with Crippen LogP contribution in [0.4, 0.5) is 0 Å². The van der Waals surface area contributed by atoms with Gasteiger partial charge in [0.05, 0.1) is 26.4 Å². The molecule has 0 aliphatic rings. The quantitative estimate of drug-likeness (QED) is 0.0222. The summed E-state index contributed by atoms with van der Waals surface area (Å²) >= 11 is 0. The molecule has 0 aromatic heterocycles. The summed E-state index contributed by atoms with van der Waals surface area (Å²) in [6, 6.07) is 0. The van der Waals surface area contributed by atoms with Gasteiger partial charge < -0.3 is 33.8 Å². The molecule has 0 radical (unpaired) electrons. The third kappa shape index (κ3) is 62.8. The van der Waals surface area contributed by atoms with Gasteiger partial charge in [-0.05, 0) is 25.7 Å². The number of carbonyl (C=O) groups is 4. The van der Waals surface area contributed by atoms with E-state index in [4.69, 9.17) is 37.0 Å². The van der Waals surface area contributed by atoms with Gasteiger partial charge in [0.1, 0.15) is 19.3 Å². The van der Waals surface area contributed by atoms with Crippen molar-refractivity contribution in [2.75, 3.05) is 39.6 Å². The van der Waals surface area contributed by atoms with Crippen molar-refractivity contribution in [1.82, 2.24) is 0 Å². The van der Waals surface area contributed by atoms with Crippen LogP contribution < -0.4 is 0 Å². The summed E-state index contributed by atoms with van der Waals surface area (Å²) in [4.78, 5) is 72.3. The lowest BCUT2D eigenvalue weighted by Gasteiger charge is -2.21. The zero-order valence-electron chi connectivity index (χ0n) is 56.7. The average molecular weight is 1300 g/mol. The molecule has 0 bridgehead atoms. The standard InChI is InChI=1S/C69H134O17P2/c1-5-9-13-17-21-25-27-29-30-31-32-33-34-35-37-40-44-48-52-56-69(74)86-65(60-80-67(72)54-50-46-42-39-36-28-26-22-18-14-10-6-2)62-84-88(77,78)82-58-63(70)57-81-87(75,76)83-61-64(59-79-66(71)53-49-45-41-24-20-16-12-8-4)85-68(73)55-51-47-43-38-23-19-15-11-7-3/h63-65,70H,5-62H2,1-4H3,(H,75,76)(H,77,78)/t63-,64+,65+/m0/s1. The highest BCUT2D eigenvalue weighted by molar-refractivity contribution is 7.47. The fourth-order valence-electron chi connectivity index (χ4n) is 10.5. The van der Waals surface area contributed by atoms with Crippen molar-refractivity contribution in [3.8, 4) is 0 Å². The fraction of sp³-hybridized carbons (Fsp3) is 0.942. The van der Waals surface area contributed by atoms with Gasteiger partial charge in [0.2, 0.25) is 0 Å². The van der Waals surface area contributed by atoms with Crippen LogP contribution in [0, 0.1) is 0 Å². The fourth-order valence-corrected chi connectivity index (χ4v) is 12.1. The van der Waals surface area contributed by atoms with E-state index in [1.54, 1.807) is 0 Å². The number of aliphatic hydroxyl groups is 1. The molecule has 2 unspecified atom stereocenters. The molecule has 17 nitrogen and oxygen atoms in total. The van der Waals surface area contributed by atoms with E-state index >= 15 is 0 Å². The number of rotatable bonds is 70. The molecule has 0 saturated heterocycles. The molecule has 0 aromatic rings. The largest absolute Gasteiger partial charge is 0.472 e. The van der Waals surface area contributed by atoms with Crippen LogP contribution in [-0.4, -0.2) is 96.7 Å². The van der Waals surface area contributed by atoms with Gasteiger partial charge in [-0.1, -0.05) is 310 Å². The minimum atomic E-state index is -4.95. The molecule has 88 heavy (non-hydrogen) atoms. The lowest BCUT2D eigenvalue weighted by molar-refractivity contribution is -0.161. The zero-order chi connectivity index (χ0) is 64.7. The highest BCUT2D eigenvalue weighted by Crippen LogP contribution is 2.45. The maximum atomic E-state index is 13.0. The molecule has 0 heterocycles. The Kier molecular flexibility index (Phi) is 62.4. The van der Waals surface area contributed by atoms with Crippen molar-refractivity contribution < 1.29 is 80.2 Å². The number of phosphoric acid groups is 2. The molecule has 0 aliphatic carbocycles. The van der Waals surface area contributed by atoms with Crippen LogP contribution in [0.1, 0.15) is 362 Å². The maximum absolute atomic E-state index is 13.0. The minimum absolute atomic E-state index is 0.106. The number of unbranched alkanes of at least 4 members (excludes halogenated alkanes) is 44. The molecule has 0 aliphatic heterocycles. The first-order valence-corrected chi connectivity index (χ1v) is 39.3. The SMILES string of the molecule is CCCCCCCCCCCCCCCCCCCCCC(=O)O[C@H](COC(=O)CCCCCCCCCCCCCC)COP(=O)(O)OC[C@@H](O)COP(=O)(O)OC[C@@H](COC(=O)CCCCCCCCCC)OC(=O)CCCCCCCCCCC. The van der Waals surface area contributed by atoms with Crippen molar-refractivity contribution >= 4 is 39.5 Å². The third-order valence-corrected chi connectivity index (χ3v) is 18.0. The average Bonchev–Trinajstić information content (AvgIpc) is 3.64. The van der Waals surface area contributed by atoms with Crippen LogP contribution in [0.5, 0.6) is 0 Å². The Morgan fingerprint density at radius 2 is 0.455 bits per heavy atom. The maximum Gasteiger partial charge on any atom is 0.472 e. The number of esters is 4. The molecule has 0 fully saturated rings. The summed E-state index contributed by atoms with van der Waals surface area (Å²) in [6.45, 7) is 4.89. The van der Waals surface area contributed by atoms with E-state index in [1.165, 1.54) is 186 Å². The highest BCUT2D eigenvalue weighted by atomic mass is 31.2. The van der Waals surface area contributed by atoms with Crippen LogP contribution in [-0.2, 0) is 65.4 Å². The molecule has 0 aromatic carbocycles. The van der Waals surface area contributed by atoms with E-state index < -0.39 is 97.5 Å². The smallest absolute Gasteiger partial charge is 0.462 e. The topological polar surface area (TPSA) is 237 Å². The van der Waals surface area contributed by atoms with Crippen molar-refractivity contribution in [3.05, 3.63) is 0 Å². The Morgan fingerprint density at radius 1 is 0.273 bits per heavy atom. The monoisotopic (exact) mass is 1300 g/mol. The van der Waals surface area contributed by atoms with Gasteiger partial charge >= 0.3 is 39.5 Å². The predicted molar refractivity (Wildman–Crippen MR) is 354 cm³/mol. The summed E-state index contributed by atoms with van der Waals surface area (Å²) in [7, 11) is -9.89. The van der Waals surface area contributed by atoms with Gasteiger partial charge in [-0.3, -0.25) is 37.3 Å². The highest BCUT2D eigenvalue weighted by Gasteiger charge is 2.30. The summed E-state index contributed by atoms with van der Waals surface area (Å²) in [5, 5.41) is 10.6. The summed E-state index contributed by atoms with van der Waals surface area (Å²) in [6.07, 6.45) is 51.4. The number of ether oxygens (including phenoxy) is 4. The van der Waals surface area contributed by atoms with Gasteiger partial charge in [-0.25, -0.2) is 9.13 Å². The number of hydrogen-bond acceptors (Lipinski definition) is 15. The second-order valence-electron chi connectivity index (χ2n) is 24.9. The van der Waals surface area contributed by atoms with Crippen LogP contribution in [0.15, 0.2) is 0 Å². The summed E-state index contributed by atoms with van der Waals surface area (Å²) < 4.78 is 68.1. The molecule has 0 spiro atoms. The number of phosphoric ester groups is 2. The second-order valence-corrected chi connectivity index (χ2v) is 27.8. The Labute approximate surface area is 537 Å². The van der Waals surface area contributed by atoms with Crippen molar-refractivity contribution in [3.63, 3.8) is 0 Å². The van der Waals surface area contributed by atoms with Crippen molar-refractivity contribution in [2.45, 2.75) is 380 Å². The van der Waals surface area contributed by atoms with Gasteiger partial charge in [0.25, 0.3) is 0 Å². The second kappa shape index (κ2) is 63.8. The molecule has 5 atom stereocenters. The van der Waals surface area contributed by atoms with Crippen LogP contribution in [0.2, 0.25) is 0 Å². The zero-order valence-corrected chi connectivity index (χ0v) is 58.5. The number of aliphatic hydroxyl groups excluding tert-OH is 1.